The lowest BCUT2D eigenvalue weighted by molar-refractivity contribution is 0.501. The van der Waals surface area contributed by atoms with Gasteiger partial charge in [-0.25, -0.2) is 4.39 Å². The van der Waals surface area contributed by atoms with Crippen LogP contribution in [0.4, 0.5) is 10.1 Å². The van der Waals surface area contributed by atoms with E-state index in [-0.39, 0.29) is 11.6 Å². The number of aromatic nitrogens is 3. The van der Waals surface area contributed by atoms with Crippen LogP contribution >= 0.6 is 0 Å². The molecule has 0 unspecified atom stereocenters. The maximum atomic E-state index is 14.5. The fraction of sp³-hybridized carbons (Fsp3) is 0.240. The Morgan fingerprint density at radius 3 is 2.62 bits per heavy atom. The number of halogens is 1. The number of anilines is 1. The predicted molar refractivity (Wildman–Crippen MR) is 123 cm³/mol. The van der Waals surface area contributed by atoms with Crippen molar-refractivity contribution in [3.05, 3.63) is 66.2 Å². The molecule has 3 heterocycles. The van der Waals surface area contributed by atoms with Crippen LogP contribution in [0, 0.1) is 17.1 Å². The molecule has 1 saturated heterocycles. The zero-order valence-electron chi connectivity index (χ0n) is 17.8. The Labute approximate surface area is 185 Å². The van der Waals surface area contributed by atoms with Gasteiger partial charge in [-0.1, -0.05) is 12.1 Å². The van der Waals surface area contributed by atoms with Crippen molar-refractivity contribution in [2.75, 3.05) is 18.0 Å². The number of aryl methyl sites for hydroxylation is 1. The summed E-state index contributed by atoms with van der Waals surface area (Å²) in [6, 6.07) is 14.9. The van der Waals surface area contributed by atoms with Crippen LogP contribution in [-0.4, -0.2) is 33.9 Å². The molecule has 5 rings (SSSR count). The van der Waals surface area contributed by atoms with Gasteiger partial charge in [-0.2, -0.15) is 10.4 Å². The third-order valence-electron chi connectivity index (χ3n) is 6.07. The van der Waals surface area contributed by atoms with E-state index in [9.17, 15) is 4.39 Å². The van der Waals surface area contributed by atoms with Gasteiger partial charge in [0.1, 0.15) is 11.9 Å². The van der Waals surface area contributed by atoms with Gasteiger partial charge in [0.05, 0.1) is 28.7 Å². The van der Waals surface area contributed by atoms with E-state index >= 15 is 0 Å². The number of fused-ring (bicyclic) bond motifs is 1. The highest BCUT2D eigenvalue weighted by Gasteiger charge is 2.19. The summed E-state index contributed by atoms with van der Waals surface area (Å²) in [6.45, 7) is 1.73. The van der Waals surface area contributed by atoms with Gasteiger partial charge in [0.2, 0.25) is 0 Å². The number of nitrogens with two attached hydrogens (primary N) is 1. The molecule has 32 heavy (non-hydrogen) atoms. The molecule has 2 N–H and O–H groups in total. The lowest BCUT2D eigenvalue weighted by Gasteiger charge is -2.32. The molecule has 0 bridgehead atoms. The van der Waals surface area contributed by atoms with Gasteiger partial charge in [0.25, 0.3) is 0 Å². The Bertz CT molecular complexity index is 1340. The minimum absolute atomic E-state index is 0.0289. The lowest BCUT2D eigenvalue weighted by atomic mass is 9.96. The number of nitrogens with zero attached hydrogens (tertiary/aromatic N) is 5. The fourth-order valence-corrected chi connectivity index (χ4v) is 4.30. The van der Waals surface area contributed by atoms with Crippen molar-refractivity contribution in [3.8, 4) is 28.5 Å². The summed E-state index contributed by atoms with van der Waals surface area (Å²) in [5.74, 6) is -0.534. The second kappa shape index (κ2) is 8.06. The number of nitriles is 1. The first kappa shape index (κ1) is 20.2. The van der Waals surface area contributed by atoms with Crippen LogP contribution in [-0.2, 0) is 7.05 Å². The molecule has 1 aliphatic rings. The second-order valence-corrected chi connectivity index (χ2v) is 8.30. The highest BCUT2D eigenvalue weighted by atomic mass is 19.1. The molecule has 6 nitrogen and oxygen atoms in total. The second-order valence-electron chi connectivity index (χ2n) is 8.30. The minimum atomic E-state index is -0.534. The molecule has 7 heteroatoms. The summed E-state index contributed by atoms with van der Waals surface area (Å²) >= 11 is 0. The molecule has 0 amide bonds. The molecule has 0 radical (unpaired) electrons. The molecular weight excluding hydrogens is 403 g/mol. The van der Waals surface area contributed by atoms with Gasteiger partial charge in [0.15, 0.2) is 0 Å². The third-order valence-corrected chi connectivity index (χ3v) is 6.07. The van der Waals surface area contributed by atoms with Crippen LogP contribution in [0.3, 0.4) is 0 Å². The molecule has 0 aliphatic carbocycles. The van der Waals surface area contributed by atoms with Crippen LogP contribution in [0.25, 0.3) is 33.3 Å². The average molecular weight is 426 g/mol. The summed E-state index contributed by atoms with van der Waals surface area (Å²) in [7, 11) is 1.89. The first-order valence-electron chi connectivity index (χ1n) is 10.7. The summed E-state index contributed by atoms with van der Waals surface area (Å²) in [4.78, 5) is 7.09. The Kier molecular flexibility index (Phi) is 5.08. The van der Waals surface area contributed by atoms with Gasteiger partial charge in [-0.15, -0.1) is 0 Å². The number of hydrogen-bond acceptors (Lipinski definition) is 5. The molecule has 0 atom stereocenters. The monoisotopic (exact) mass is 426 g/mol. The number of pyridine rings is 1. The van der Waals surface area contributed by atoms with Crippen LogP contribution < -0.4 is 10.6 Å². The van der Waals surface area contributed by atoms with Crippen LogP contribution in [0.2, 0.25) is 0 Å². The first-order valence-corrected chi connectivity index (χ1v) is 10.7. The average Bonchev–Trinajstić information content (AvgIpc) is 3.18. The van der Waals surface area contributed by atoms with Gasteiger partial charge in [-0.05, 0) is 48.7 Å². The molecule has 1 fully saturated rings. The highest BCUT2D eigenvalue weighted by Crippen LogP contribution is 2.35. The molecule has 1 aliphatic heterocycles. The third kappa shape index (κ3) is 3.70. The highest BCUT2D eigenvalue weighted by molar-refractivity contribution is 5.89. The minimum Gasteiger partial charge on any atom is -0.370 e. The Morgan fingerprint density at radius 1 is 1.09 bits per heavy atom. The van der Waals surface area contributed by atoms with Gasteiger partial charge in [-0.3, -0.25) is 9.67 Å². The Hall–Kier alpha value is -3.76. The van der Waals surface area contributed by atoms with Crippen molar-refractivity contribution < 1.29 is 4.39 Å². The SMILES string of the molecule is Cn1cc2cc(-c3ncc(N4CCC(N)CC4)cc3-c3ccc(C#N)c(F)c3)ccc2n1. The van der Waals surface area contributed by atoms with E-state index in [4.69, 9.17) is 16.0 Å². The molecule has 160 valence electrons. The van der Waals surface area contributed by atoms with E-state index in [1.54, 1.807) is 10.7 Å². The summed E-state index contributed by atoms with van der Waals surface area (Å²) in [5, 5.41) is 14.6. The number of rotatable bonds is 3. The number of benzene rings is 2. The van der Waals surface area contributed by atoms with E-state index in [1.165, 1.54) is 12.1 Å². The van der Waals surface area contributed by atoms with Crippen LogP contribution in [0.5, 0.6) is 0 Å². The van der Waals surface area contributed by atoms with E-state index in [2.05, 4.69) is 16.1 Å². The fourth-order valence-electron chi connectivity index (χ4n) is 4.30. The van der Waals surface area contributed by atoms with Crippen molar-refractivity contribution in [1.82, 2.24) is 14.8 Å². The normalized spacial score (nSPS) is 14.6. The van der Waals surface area contributed by atoms with Crippen LogP contribution in [0.15, 0.2) is 54.9 Å². The molecule has 2 aromatic heterocycles. The van der Waals surface area contributed by atoms with Crippen molar-refractivity contribution in [2.24, 2.45) is 12.8 Å². The topological polar surface area (TPSA) is 83.8 Å². The Morgan fingerprint density at radius 2 is 1.88 bits per heavy atom. The zero-order valence-corrected chi connectivity index (χ0v) is 17.8. The van der Waals surface area contributed by atoms with Crippen molar-refractivity contribution >= 4 is 16.6 Å². The lowest BCUT2D eigenvalue weighted by Crippen LogP contribution is -2.39. The van der Waals surface area contributed by atoms with E-state index in [0.29, 0.717) is 5.56 Å². The van der Waals surface area contributed by atoms with Crippen molar-refractivity contribution in [2.45, 2.75) is 18.9 Å². The summed E-state index contributed by atoms with van der Waals surface area (Å²) < 4.78 is 16.3. The predicted octanol–water partition coefficient (Wildman–Crippen LogP) is 4.24. The first-order chi connectivity index (χ1) is 15.5. The van der Waals surface area contributed by atoms with E-state index in [0.717, 1.165) is 59.3 Å². The largest absolute Gasteiger partial charge is 0.370 e. The number of hydrogen-bond donors (Lipinski definition) is 1. The maximum Gasteiger partial charge on any atom is 0.141 e. The molecule has 0 saturated carbocycles. The summed E-state index contributed by atoms with van der Waals surface area (Å²) in [5.41, 5.74) is 11.2. The zero-order chi connectivity index (χ0) is 22.2. The van der Waals surface area contributed by atoms with Crippen molar-refractivity contribution in [3.63, 3.8) is 0 Å². The molecule has 4 aromatic rings. The quantitative estimate of drug-likeness (QED) is 0.530. The van der Waals surface area contributed by atoms with E-state index < -0.39 is 5.82 Å². The number of piperidine rings is 1. The van der Waals surface area contributed by atoms with Crippen LogP contribution in [0.1, 0.15) is 18.4 Å². The van der Waals surface area contributed by atoms with Gasteiger partial charge >= 0.3 is 0 Å². The van der Waals surface area contributed by atoms with Gasteiger partial charge in [0, 0.05) is 48.9 Å². The van der Waals surface area contributed by atoms with Gasteiger partial charge < -0.3 is 10.6 Å². The smallest absolute Gasteiger partial charge is 0.141 e. The molecular formula is C25H23FN6. The maximum absolute atomic E-state index is 14.5. The standard InChI is InChI=1S/C25H23FN6/c1-31-15-19-10-17(4-5-24(19)30-31)25-22(16-2-3-18(13-27)23(26)11-16)12-21(14-29-25)32-8-6-20(28)7-9-32/h2-5,10-12,14-15,20H,6-9,28H2,1H3. The molecule has 0 spiro atoms. The summed E-state index contributed by atoms with van der Waals surface area (Å²) in [6.07, 6.45) is 5.70. The van der Waals surface area contributed by atoms with Crippen molar-refractivity contribution in [1.29, 1.82) is 5.26 Å². The van der Waals surface area contributed by atoms with E-state index in [1.807, 2.05) is 43.7 Å². The molecule has 2 aromatic carbocycles. The Balaban J connectivity index is 1.64.